The molecule has 2 aromatic rings. The van der Waals surface area contributed by atoms with Crippen molar-refractivity contribution >= 4 is 37.4 Å². The van der Waals surface area contributed by atoms with Crippen molar-refractivity contribution in [2.75, 3.05) is 12.3 Å². The van der Waals surface area contributed by atoms with Gasteiger partial charge in [0.05, 0.1) is 10.6 Å². The van der Waals surface area contributed by atoms with Crippen molar-refractivity contribution in [2.24, 2.45) is 0 Å². The van der Waals surface area contributed by atoms with E-state index in [1.165, 1.54) is 0 Å². The second-order valence-electron chi connectivity index (χ2n) is 5.00. The maximum Gasteiger partial charge on any atom is 0.179 e. The lowest BCUT2D eigenvalue weighted by molar-refractivity contribution is 0.572. The van der Waals surface area contributed by atoms with Crippen LogP contribution in [0.1, 0.15) is 18.5 Å². The first kappa shape index (κ1) is 17.5. The number of sulfone groups is 1. The third kappa shape index (κ3) is 4.81. The summed E-state index contributed by atoms with van der Waals surface area (Å²) in [6.07, 6.45) is 0. The Morgan fingerprint density at radius 2 is 1.68 bits per heavy atom. The van der Waals surface area contributed by atoms with Gasteiger partial charge in [0.15, 0.2) is 9.84 Å². The summed E-state index contributed by atoms with van der Waals surface area (Å²) in [6.45, 7) is 2.39. The van der Waals surface area contributed by atoms with Gasteiger partial charge in [-0.1, -0.05) is 39.7 Å². The molecule has 0 aromatic heterocycles. The topological polar surface area (TPSA) is 46.2 Å². The molecule has 0 amide bonds. The van der Waals surface area contributed by atoms with Crippen molar-refractivity contribution in [2.45, 2.75) is 17.9 Å². The summed E-state index contributed by atoms with van der Waals surface area (Å²) >= 11 is 9.15. The molecular weight excluding hydrogens is 386 g/mol. The molecule has 3 nitrogen and oxygen atoms in total. The Morgan fingerprint density at radius 3 is 2.27 bits per heavy atom. The molecule has 6 heteroatoms. The fourth-order valence-corrected chi connectivity index (χ4v) is 3.60. The van der Waals surface area contributed by atoms with E-state index >= 15 is 0 Å². The summed E-state index contributed by atoms with van der Waals surface area (Å²) in [5.74, 6) is 0.0621. The quantitative estimate of drug-likeness (QED) is 0.786. The molecule has 0 bridgehead atoms. The summed E-state index contributed by atoms with van der Waals surface area (Å²) in [5, 5.41) is 3.91. The average Bonchev–Trinajstić information content (AvgIpc) is 2.48. The lowest BCUT2D eigenvalue weighted by atomic mass is 10.1. The van der Waals surface area contributed by atoms with Crippen molar-refractivity contribution in [1.29, 1.82) is 0 Å². The molecule has 0 aliphatic rings. The van der Waals surface area contributed by atoms with E-state index in [1.807, 2.05) is 31.2 Å². The monoisotopic (exact) mass is 401 g/mol. The van der Waals surface area contributed by atoms with Crippen LogP contribution in [0.15, 0.2) is 57.9 Å². The Bertz CT molecular complexity index is 715. The molecular formula is C16H17BrClNO2S. The molecule has 118 valence electrons. The van der Waals surface area contributed by atoms with Gasteiger partial charge in [-0.25, -0.2) is 8.42 Å². The molecule has 2 aromatic carbocycles. The average molecular weight is 403 g/mol. The van der Waals surface area contributed by atoms with E-state index in [2.05, 4.69) is 21.2 Å². The van der Waals surface area contributed by atoms with E-state index in [9.17, 15) is 8.42 Å². The van der Waals surface area contributed by atoms with Crippen molar-refractivity contribution in [1.82, 2.24) is 5.32 Å². The molecule has 0 aliphatic carbocycles. The number of hydrogen-bond acceptors (Lipinski definition) is 3. The normalized spacial score (nSPS) is 13.0. The molecule has 0 spiro atoms. The van der Waals surface area contributed by atoms with Crippen LogP contribution in [-0.2, 0) is 9.84 Å². The highest BCUT2D eigenvalue weighted by molar-refractivity contribution is 9.10. The van der Waals surface area contributed by atoms with Gasteiger partial charge in [0, 0.05) is 22.1 Å². The minimum Gasteiger partial charge on any atom is -0.309 e. The summed E-state index contributed by atoms with van der Waals surface area (Å²) in [5.41, 5.74) is 1.07. The third-order valence-corrected chi connectivity index (χ3v) is 5.88. The van der Waals surface area contributed by atoms with Gasteiger partial charge in [0.2, 0.25) is 0 Å². The zero-order valence-corrected chi connectivity index (χ0v) is 15.2. The van der Waals surface area contributed by atoms with Gasteiger partial charge in [0.1, 0.15) is 0 Å². The van der Waals surface area contributed by atoms with Crippen LogP contribution >= 0.6 is 27.5 Å². The van der Waals surface area contributed by atoms with E-state index in [-0.39, 0.29) is 11.8 Å². The van der Waals surface area contributed by atoms with E-state index in [1.54, 1.807) is 24.3 Å². The second-order valence-corrected chi connectivity index (χ2v) is 8.46. The molecule has 1 atom stereocenters. The molecule has 22 heavy (non-hydrogen) atoms. The Kier molecular flexibility index (Phi) is 6.03. The van der Waals surface area contributed by atoms with Gasteiger partial charge in [-0.05, 0) is 48.9 Å². The maximum absolute atomic E-state index is 12.2. The molecule has 0 fully saturated rings. The van der Waals surface area contributed by atoms with Crippen LogP contribution in [0.4, 0.5) is 0 Å². The molecule has 0 saturated heterocycles. The Hall–Kier alpha value is -0.880. The number of nitrogens with one attached hydrogen (secondary N) is 1. The zero-order chi connectivity index (χ0) is 16.2. The molecule has 1 N–H and O–H groups in total. The van der Waals surface area contributed by atoms with Crippen LogP contribution in [-0.4, -0.2) is 20.7 Å². The minimum atomic E-state index is -3.27. The van der Waals surface area contributed by atoms with Crippen LogP contribution < -0.4 is 5.32 Å². The van der Waals surface area contributed by atoms with Gasteiger partial charge in [-0.3, -0.25) is 0 Å². The van der Waals surface area contributed by atoms with Crippen molar-refractivity contribution in [3.63, 3.8) is 0 Å². The van der Waals surface area contributed by atoms with Gasteiger partial charge >= 0.3 is 0 Å². The van der Waals surface area contributed by atoms with Crippen LogP contribution in [0.25, 0.3) is 0 Å². The third-order valence-electron chi connectivity index (χ3n) is 3.36. The SMILES string of the molecule is CC(NCCS(=O)(=O)c1ccc(Br)cc1)c1ccc(Cl)cc1. The first-order chi connectivity index (χ1) is 10.4. The Morgan fingerprint density at radius 1 is 1.09 bits per heavy atom. The van der Waals surface area contributed by atoms with Crippen LogP contribution in [0.3, 0.4) is 0 Å². The van der Waals surface area contributed by atoms with E-state index in [4.69, 9.17) is 11.6 Å². The Labute approximate surface area is 144 Å². The predicted molar refractivity (Wildman–Crippen MR) is 94.1 cm³/mol. The first-order valence-corrected chi connectivity index (χ1v) is 9.68. The highest BCUT2D eigenvalue weighted by Crippen LogP contribution is 2.17. The largest absolute Gasteiger partial charge is 0.309 e. The van der Waals surface area contributed by atoms with Crippen molar-refractivity contribution in [3.05, 3.63) is 63.6 Å². The van der Waals surface area contributed by atoms with E-state index < -0.39 is 9.84 Å². The van der Waals surface area contributed by atoms with E-state index in [0.29, 0.717) is 16.5 Å². The lowest BCUT2D eigenvalue weighted by Crippen LogP contribution is -2.25. The molecule has 0 heterocycles. The second kappa shape index (κ2) is 7.59. The number of benzene rings is 2. The van der Waals surface area contributed by atoms with Crippen LogP contribution in [0.2, 0.25) is 5.02 Å². The highest BCUT2D eigenvalue weighted by Gasteiger charge is 2.14. The predicted octanol–water partition coefficient (Wildman–Crippen LogP) is 4.23. The molecule has 0 saturated carbocycles. The summed E-state index contributed by atoms with van der Waals surface area (Å²) in [4.78, 5) is 0.344. The first-order valence-electron chi connectivity index (χ1n) is 6.86. The standard InChI is InChI=1S/C16H17BrClNO2S/c1-12(13-2-6-15(18)7-3-13)19-10-11-22(20,21)16-8-4-14(17)5-9-16/h2-9,12,19H,10-11H2,1H3. The summed E-state index contributed by atoms with van der Waals surface area (Å²) in [6, 6.07) is 14.3. The maximum atomic E-state index is 12.2. The number of halogens is 2. The molecule has 2 rings (SSSR count). The highest BCUT2D eigenvalue weighted by atomic mass is 79.9. The fraction of sp³-hybridized carbons (Fsp3) is 0.250. The van der Waals surface area contributed by atoms with Crippen molar-refractivity contribution < 1.29 is 8.42 Å². The zero-order valence-electron chi connectivity index (χ0n) is 12.1. The molecule has 0 aliphatic heterocycles. The lowest BCUT2D eigenvalue weighted by Gasteiger charge is -2.14. The van der Waals surface area contributed by atoms with Crippen molar-refractivity contribution in [3.8, 4) is 0 Å². The van der Waals surface area contributed by atoms with Crippen LogP contribution in [0, 0.1) is 0 Å². The van der Waals surface area contributed by atoms with Crippen LogP contribution in [0.5, 0.6) is 0 Å². The summed E-state index contributed by atoms with van der Waals surface area (Å²) in [7, 11) is -3.27. The smallest absolute Gasteiger partial charge is 0.179 e. The van der Waals surface area contributed by atoms with Gasteiger partial charge in [-0.15, -0.1) is 0 Å². The van der Waals surface area contributed by atoms with Gasteiger partial charge < -0.3 is 5.32 Å². The fourth-order valence-electron chi connectivity index (χ4n) is 2.04. The minimum absolute atomic E-state index is 0.0621. The number of hydrogen-bond donors (Lipinski definition) is 1. The van der Waals surface area contributed by atoms with Gasteiger partial charge in [-0.2, -0.15) is 0 Å². The van der Waals surface area contributed by atoms with Gasteiger partial charge in [0.25, 0.3) is 0 Å². The molecule has 0 radical (unpaired) electrons. The Balaban J connectivity index is 1.92. The number of rotatable bonds is 6. The summed E-state index contributed by atoms with van der Waals surface area (Å²) < 4.78 is 25.3. The molecule has 1 unspecified atom stereocenters. The van der Waals surface area contributed by atoms with E-state index in [0.717, 1.165) is 10.0 Å².